The Morgan fingerprint density at radius 2 is 2.06 bits per heavy atom. The van der Waals surface area contributed by atoms with Gasteiger partial charge in [0.1, 0.15) is 0 Å². The minimum absolute atomic E-state index is 0.0544. The molecule has 5 heteroatoms. The van der Waals surface area contributed by atoms with E-state index in [0.29, 0.717) is 25.5 Å². The second-order valence-corrected chi connectivity index (χ2v) is 3.93. The molecule has 0 unspecified atom stereocenters. The summed E-state index contributed by atoms with van der Waals surface area (Å²) < 4.78 is 0. The van der Waals surface area contributed by atoms with Crippen molar-refractivity contribution in [1.29, 1.82) is 0 Å². The van der Waals surface area contributed by atoms with Gasteiger partial charge in [0.2, 0.25) is 0 Å². The molecular weight excluding hydrogens is 240 g/mol. The van der Waals surface area contributed by atoms with Gasteiger partial charge in [0, 0.05) is 25.5 Å². The number of carbonyl (C=O) groups is 1. The lowest BCUT2D eigenvalue weighted by molar-refractivity contribution is 0.174. The van der Waals surface area contributed by atoms with Gasteiger partial charge < -0.3 is 15.3 Å². The summed E-state index contributed by atoms with van der Waals surface area (Å²) in [6, 6.07) is 9.45. The molecule has 0 atom stereocenters. The number of alkyl halides is 1. The third kappa shape index (κ3) is 5.06. The van der Waals surface area contributed by atoms with Gasteiger partial charge in [-0.25, -0.2) is 4.79 Å². The minimum atomic E-state index is -0.205. The summed E-state index contributed by atoms with van der Waals surface area (Å²) in [5.74, 6) is 0.379. The molecule has 0 spiro atoms. The van der Waals surface area contributed by atoms with Gasteiger partial charge in [-0.05, 0) is 5.56 Å². The van der Waals surface area contributed by atoms with Crippen LogP contribution < -0.4 is 5.32 Å². The summed E-state index contributed by atoms with van der Waals surface area (Å²) in [4.78, 5) is 13.3. The number of nitrogens with one attached hydrogen (secondary N) is 1. The van der Waals surface area contributed by atoms with Gasteiger partial charge in [0.15, 0.2) is 0 Å². The fraction of sp³-hybridized carbons (Fsp3) is 0.417. The highest BCUT2D eigenvalue weighted by Gasteiger charge is 2.12. The van der Waals surface area contributed by atoms with E-state index in [1.54, 1.807) is 4.90 Å². The third-order valence-corrected chi connectivity index (χ3v) is 2.43. The van der Waals surface area contributed by atoms with Crippen molar-refractivity contribution in [3.63, 3.8) is 0 Å². The summed E-state index contributed by atoms with van der Waals surface area (Å²) in [6.45, 7) is 1.16. The number of carbonyl (C=O) groups excluding carboxylic acids is 1. The zero-order valence-electron chi connectivity index (χ0n) is 9.60. The van der Waals surface area contributed by atoms with Crippen LogP contribution in [-0.2, 0) is 6.54 Å². The highest BCUT2D eigenvalue weighted by atomic mass is 35.5. The molecule has 0 saturated carbocycles. The van der Waals surface area contributed by atoms with Crippen molar-refractivity contribution in [2.45, 2.75) is 6.54 Å². The van der Waals surface area contributed by atoms with Crippen molar-refractivity contribution in [3.05, 3.63) is 35.9 Å². The number of urea groups is 1. The normalized spacial score (nSPS) is 10.0. The number of amides is 2. The molecule has 94 valence electrons. The Kier molecular flexibility index (Phi) is 6.43. The molecule has 0 aromatic heterocycles. The van der Waals surface area contributed by atoms with Gasteiger partial charge in [-0.15, -0.1) is 11.6 Å². The first-order valence-electron chi connectivity index (χ1n) is 5.51. The number of benzene rings is 1. The molecule has 0 aliphatic carbocycles. The van der Waals surface area contributed by atoms with Gasteiger partial charge in [-0.1, -0.05) is 30.3 Å². The molecule has 0 fully saturated rings. The molecule has 1 aromatic carbocycles. The van der Waals surface area contributed by atoms with E-state index in [1.165, 1.54) is 0 Å². The van der Waals surface area contributed by atoms with Crippen LogP contribution >= 0.6 is 11.6 Å². The highest BCUT2D eigenvalue weighted by Crippen LogP contribution is 2.04. The van der Waals surface area contributed by atoms with Crippen molar-refractivity contribution in [2.75, 3.05) is 25.6 Å². The van der Waals surface area contributed by atoms with Crippen LogP contribution in [0.2, 0.25) is 0 Å². The zero-order chi connectivity index (χ0) is 12.5. The van der Waals surface area contributed by atoms with E-state index in [-0.39, 0.29) is 12.6 Å². The smallest absolute Gasteiger partial charge is 0.317 e. The van der Waals surface area contributed by atoms with E-state index in [0.717, 1.165) is 5.56 Å². The van der Waals surface area contributed by atoms with Crippen molar-refractivity contribution in [3.8, 4) is 0 Å². The molecule has 0 aliphatic heterocycles. The van der Waals surface area contributed by atoms with E-state index < -0.39 is 0 Å². The van der Waals surface area contributed by atoms with Gasteiger partial charge >= 0.3 is 6.03 Å². The van der Waals surface area contributed by atoms with Crippen LogP contribution in [0.1, 0.15) is 5.56 Å². The van der Waals surface area contributed by atoms with Crippen LogP contribution in [-0.4, -0.2) is 41.6 Å². The zero-order valence-corrected chi connectivity index (χ0v) is 10.4. The summed E-state index contributed by atoms with van der Waals surface area (Å²) in [6.07, 6.45) is 0. The molecule has 1 rings (SSSR count). The fourth-order valence-corrected chi connectivity index (χ4v) is 1.54. The molecule has 2 N–H and O–H groups in total. The number of rotatable bonds is 6. The Bertz CT molecular complexity index is 333. The predicted octanol–water partition coefficient (Wildman–Crippen LogP) is 1.43. The number of hydrogen-bond acceptors (Lipinski definition) is 2. The van der Waals surface area contributed by atoms with Gasteiger partial charge in [-0.2, -0.15) is 0 Å². The Morgan fingerprint density at radius 1 is 1.35 bits per heavy atom. The lowest BCUT2D eigenvalue weighted by atomic mass is 10.2. The van der Waals surface area contributed by atoms with E-state index in [2.05, 4.69) is 5.32 Å². The molecule has 2 amide bonds. The van der Waals surface area contributed by atoms with Crippen molar-refractivity contribution in [1.82, 2.24) is 10.2 Å². The molecular formula is C12H17ClN2O2. The maximum Gasteiger partial charge on any atom is 0.317 e. The number of hydrogen-bond donors (Lipinski definition) is 2. The summed E-state index contributed by atoms with van der Waals surface area (Å²) >= 11 is 5.50. The minimum Gasteiger partial charge on any atom is -0.395 e. The quantitative estimate of drug-likeness (QED) is 0.757. The van der Waals surface area contributed by atoms with Gasteiger partial charge in [0.25, 0.3) is 0 Å². The molecule has 0 heterocycles. The first-order valence-corrected chi connectivity index (χ1v) is 6.05. The second-order valence-electron chi connectivity index (χ2n) is 3.55. The highest BCUT2D eigenvalue weighted by molar-refractivity contribution is 6.18. The van der Waals surface area contributed by atoms with Crippen LogP contribution in [0.15, 0.2) is 30.3 Å². The molecule has 0 radical (unpaired) electrons. The molecule has 0 saturated heterocycles. The van der Waals surface area contributed by atoms with Gasteiger partial charge in [0.05, 0.1) is 6.61 Å². The Hall–Kier alpha value is -1.26. The molecule has 4 nitrogen and oxygen atoms in total. The number of halogens is 1. The third-order valence-electron chi connectivity index (χ3n) is 2.24. The van der Waals surface area contributed by atoms with Crippen LogP contribution in [0.25, 0.3) is 0 Å². The second kappa shape index (κ2) is 7.92. The monoisotopic (exact) mass is 256 g/mol. The lowest BCUT2D eigenvalue weighted by Crippen LogP contribution is -2.41. The predicted molar refractivity (Wildman–Crippen MR) is 68.1 cm³/mol. The average Bonchev–Trinajstić information content (AvgIpc) is 2.36. The van der Waals surface area contributed by atoms with Crippen LogP contribution in [0.5, 0.6) is 0 Å². The number of aliphatic hydroxyl groups is 1. The maximum absolute atomic E-state index is 11.7. The SMILES string of the molecule is O=C(NCCCl)N(CCO)Cc1ccccc1. The van der Waals surface area contributed by atoms with Crippen LogP contribution in [0, 0.1) is 0 Å². The van der Waals surface area contributed by atoms with E-state index >= 15 is 0 Å². The number of aliphatic hydroxyl groups excluding tert-OH is 1. The fourth-order valence-electron chi connectivity index (χ4n) is 1.44. The first kappa shape index (κ1) is 13.8. The molecule has 0 aliphatic rings. The van der Waals surface area contributed by atoms with E-state index in [1.807, 2.05) is 30.3 Å². The van der Waals surface area contributed by atoms with E-state index in [9.17, 15) is 4.79 Å². The van der Waals surface area contributed by atoms with Crippen LogP contribution in [0.3, 0.4) is 0 Å². The van der Waals surface area contributed by atoms with Crippen LogP contribution in [0.4, 0.5) is 4.79 Å². The summed E-state index contributed by atoms with van der Waals surface area (Å²) in [5, 5.41) is 11.6. The Morgan fingerprint density at radius 3 is 2.65 bits per heavy atom. The Labute approximate surface area is 106 Å². The largest absolute Gasteiger partial charge is 0.395 e. The average molecular weight is 257 g/mol. The number of nitrogens with zero attached hydrogens (tertiary/aromatic N) is 1. The van der Waals surface area contributed by atoms with E-state index in [4.69, 9.17) is 16.7 Å². The molecule has 0 bridgehead atoms. The standard InChI is InChI=1S/C12H17ClN2O2/c13-6-7-14-12(17)15(8-9-16)10-11-4-2-1-3-5-11/h1-5,16H,6-10H2,(H,14,17). The molecule has 1 aromatic rings. The molecule has 17 heavy (non-hydrogen) atoms. The topological polar surface area (TPSA) is 52.6 Å². The van der Waals surface area contributed by atoms with Gasteiger partial charge in [-0.3, -0.25) is 0 Å². The summed E-state index contributed by atoms with van der Waals surface area (Å²) in [5.41, 5.74) is 1.03. The van der Waals surface area contributed by atoms with Crippen molar-refractivity contribution >= 4 is 17.6 Å². The Balaban J connectivity index is 2.56. The maximum atomic E-state index is 11.7. The lowest BCUT2D eigenvalue weighted by Gasteiger charge is -2.22. The van der Waals surface area contributed by atoms with Crippen molar-refractivity contribution in [2.24, 2.45) is 0 Å². The first-order chi connectivity index (χ1) is 8.27. The van der Waals surface area contributed by atoms with Crippen molar-refractivity contribution < 1.29 is 9.90 Å². The summed E-state index contributed by atoms with van der Waals surface area (Å²) in [7, 11) is 0.